The quantitative estimate of drug-likeness (QED) is 0.735. The number of carbonyl (C=O) groups is 2. The van der Waals surface area contributed by atoms with Crippen molar-refractivity contribution in [3.05, 3.63) is 0 Å². The van der Waals surface area contributed by atoms with Gasteiger partial charge in [0.25, 0.3) is 0 Å². The average molecular weight is 294 g/mol. The molecule has 4 nitrogen and oxygen atoms in total. The molecule has 2 aliphatic heterocycles. The lowest BCUT2D eigenvalue weighted by molar-refractivity contribution is -0.155. The fraction of sp³-hybridized carbons (Fsp3) is 0.882. The fourth-order valence-corrected chi connectivity index (χ4v) is 3.53. The summed E-state index contributed by atoms with van der Waals surface area (Å²) in [6.45, 7) is 9.03. The van der Waals surface area contributed by atoms with Crippen LogP contribution in [0.3, 0.4) is 0 Å². The van der Waals surface area contributed by atoms with Gasteiger partial charge in [-0.2, -0.15) is 0 Å². The summed E-state index contributed by atoms with van der Waals surface area (Å²) >= 11 is 0. The van der Waals surface area contributed by atoms with Crippen LogP contribution in [0.2, 0.25) is 0 Å². The van der Waals surface area contributed by atoms with E-state index in [-0.39, 0.29) is 11.8 Å². The fourth-order valence-electron chi connectivity index (χ4n) is 3.53. The van der Waals surface area contributed by atoms with Crippen LogP contribution in [0.15, 0.2) is 0 Å². The number of likely N-dealkylation sites (tertiary alicyclic amines) is 2. The van der Waals surface area contributed by atoms with Gasteiger partial charge in [-0.25, -0.2) is 0 Å². The minimum absolute atomic E-state index is 0.0169. The predicted octanol–water partition coefficient (Wildman–Crippen LogP) is 2.67. The van der Waals surface area contributed by atoms with Gasteiger partial charge in [-0.3, -0.25) is 9.59 Å². The Morgan fingerprint density at radius 2 is 1.38 bits per heavy atom. The maximum atomic E-state index is 12.8. The second-order valence-electron chi connectivity index (χ2n) is 7.33. The summed E-state index contributed by atoms with van der Waals surface area (Å²) in [5.41, 5.74) is -0.915. The second-order valence-corrected chi connectivity index (χ2v) is 7.33. The van der Waals surface area contributed by atoms with Crippen molar-refractivity contribution in [2.75, 3.05) is 26.2 Å². The first-order valence-electron chi connectivity index (χ1n) is 8.51. The molecule has 0 radical (unpaired) electrons. The van der Waals surface area contributed by atoms with Crippen molar-refractivity contribution in [1.82, 2.24) is 9.80 Å². The second kappa shape index (κ2) is 6.80. The molecule has 4 heteroatoms. The Bertz CT molecular complexity index is 368. The zero-order chi connectivity index (χ0) is 15.5. The SMILES string of the molecule is CC1CCCN(C(=O)C(C)(C)C(=O)N2CCCCCC2)C1. The van der Waals surface area contributed by atoms with Crippen molar-refractivity contribution in [1.29, 1.82) is 0 Å². The zero-order valence-corrected chi connectivity index (χ0v) is 13.9. The topological polar surface area (TPSA) is 40.6 Å². The molecule has 0 aromatic rings. The number of carbonyl (C=O) groups excluding carboxylic acids is 2. The van der Waals surface area contributed by atoms with Gasteiger partial charge in [-0.15, -0.1) is 0 Å². The lowest BCUT2D eigenvalue weighted by Gasteiger charge is -2.38. The van der Waals surface area contributed by atoms with Gasteiger partial charge in [0.15, 0.2) is 0 Å². The molecule has 0 saturated carbocycles. The Hall–Kier alpha value is -1.06. The number of hydrogen-bond donors (Lipinski definition) is 0. The molecule has 1 unspecified atom stereocenters. The maximum Gasteiger partial charge on any atom is 0.237 e. The van der Waals surface area contributed by atoms with Crippen LogP contribution in [-0.2, 0) is 9.59 Å². The third kappa shape index (κ3) is 3.78. The van der Waals surface area contributed by atoms with Crippen LogP contribution < -0.4 is 0 Å². The van der Waals surface area contributed by atoms with Gasteiger partial charge in [-0.05, 0) is 45.4 Å². The van der Waals surface area contributed by atoms with E-state index in [1.54, 1.807) is 0 Å². The van der Waals surface area contributed by atoms with E-state index in [1.165, 1.54) is 19.3 Å². The summed E-state index contributed by atoms with van der Waals surface area (Å²) in [6.07, 6.45) is 6.77. The van der Waals surface area contributed by atoms with Crippen LogP contribution in [0.1, 0.15) is 59.3 Å². The summed E-state index contributed by atoms with van der Waals surface area (Å²) in [4.78, 5) is 29.5. The molecule has 0 spiro atoms. The predicted molar refractivity (Wildman–Crippen MR) is 83.8 cm³/mol. The molecule has 0 N–H and O–H groups in total. The number of amides is 2. The number of rotatable bonds is 2. The Morgan fingerprint density at radius 1 is 0.857 bits per heavy atom. The summed E-state index contributed by atoms with van der Waals surface area (Å²) in [7, 11) is 0. The van der Waals surface area contributed by atoms with Crippen LogP contribution in [0.25, 0.3) is 0 Å². The molecule has 2 rings (SSSR count). The van der Waals surface area contributed by atoms with Crippen LogP contribution in [0.4, 0.5) is 0 Å². The largest absolute Gasteiger partial charge is 0.342 e. The van der Waals surface area contributed by atoms with Crippen molar-refractivity contribution in [2.45, 2.75) is 59.3 Å². The first-order valence-corrected chi connectivity index (χ1v) is 8.51. The maximum absolute atomic E-state index is 12.8. The first kappa shape index (κ1) is 16.3. The molecule has 2 amide bonds. The molecule has 2 heterocycles. The van der Waals surface area contributed by atoms with Crippen LogP contribution >= 0.6 is 0 Å². The molecular weight excluding hydrogens is 264 g/mol. The molecule has 2 aliphatic rings. The Balaban J connectivity index is 2.04. The van der Waals surface area contributed by atoms with Crippen LogP contribution in [0.5, 0.6) is 0 Å². The molecule has 2 saturated heterocycles. The Kier molecular flexibility index (Phi) is 5.28. The van der Waals surface area contributed by atoms with E-state index in [0.29, 0.717) is 5.92 Å². The Morgan fingerprint density at radius 3 is 1.95 bits per heavy atom. The van der Waals surface area contributed by atoms with Gasteiger partial charge in [0.1, 0.15) is 5.41 Å². The highest BCUT2D eigenvalue weighted by atomic mass is 16.2. The smallest absolute Gasteiger partial charge is 0.237 e. The van der Waals surface area contributed by atoms with Gasteiger partial charge in [-0.1, -0.05) is 19.8 Å². The zero-order valence-electron chi connectivity index (χ0n) is 13.9. The summed E-state index contributed by atoms with van der Waals surface area (Å²) in [5, 5.41) is 0. The van der Waals surface area contributed by atoms with E-state index in [1.807, 2.05) is 23.6 Å². The standard InChI is InChI=1S/C17H30N2O2/c1-14-9-8-12-19(13-14)16(21)17(2,3)15(20)18-10-6-4-5-7-11-18/h14H,4-13H2,1-3H3. The third-order valence-electron chi connectivity index (χ3n) is 4.91. The Labute approximate surface area is 128 Å². The summed E-state index contributed by atoms with van der Waals surface area (Å²) in [6, 6.07) is 0. The highest BCUT2D eigenvalue weighted by Gasteiger charge is 2.42. The lowest BCUT2D eigenvalue weighted by Crippen LogP contribution is -2.53. The number of piperidine rings is 1. The molecule has 120 valence electrons. The monoisotopic (exact) mass is 294 g/mol. The number of hydrogen-bond acceptors (Lipinski definition) is 2. The molecule has 2 fully saturated rings. The molecule has 0 bridgehead atoms. The summed E-state index contributed by atoms with van der Waals surface area (Å²) in [5.74, 6) is 0.586. The van der Waals surface area contributed by atoms with Gasteiger partial charge in [0.05, 0.1) is 0 Å². The molecule has 1 atom stereocenters. The van der Waals surface area contributed by atoms with Crippen LogP contribution in [-0.4, -0.2) is 47.8 Å². The molecule has 0 aromatic heterocycles. The number of nitrogens with zero attached hydrogens (tertiary/aromatic N) is 2. The highest BCUT2D eigenvalue weighted by Crippen LogP contribution is 2.27. The van der Waals surface area contributed by atoms with E-state index in [0.717, 1.165) is 45.4 Å². The van der Waals surface area contributed by atoms with Crippen LogP contribution in [0, 0.1) is 11.3 Å². The van der Waals surface area contributed by atoms with E-state index in [9.17, 15) is 9.59 Å². The summed E-state index contributed by atoms with van der Waals surface area (Å²) < 4.78 is 0. The van der Waals surface area contributed by atoms with Gasteiger partial charge < -0.3 is 9.80 Å². The minimum Gasteiger partial charge on any atom is -0.342 e. The average Bonchev–Trinajstić information content (AvgIpc) is 2.74. The highest BCUT2D eigenvalue weighted by molar-refractivity contribution is 6.04. The van der Waals surface area contributed by atoms with E-state index in [4.69, 9.17) is 0 Å². The van der Waals surface area contributed by atoms with Gasteiger partial charge in [0, 0.05) is 26.2 Å². The van der Waals surface area contributed by atoms with E-state index in [2.05, 4.69) is 6.92 Å². The van der Waals surface area contributed by atoms with Gasteiger partial charge >= 0.3 is 0 Å². The first-order chi connectivity index (χ1) is 9.93. The molecular formula is C17H30N2O2. The van der Waals surface area contributed by atoms with E-state index >= 15 is 0 Å². The molecule has 21 heavy (non-hydrogen) atoms. The third-order valence-corrected chi connectivity index (χ3v) is 4.91. The van der Waals surface area contributed by atoms with Crippen molar-refractivity contribution in [3.63, 3.8) is 0 Å². The minimum atomic E-state index is -0.915. The molecule has 0 aliphatic carbocycles. The van der Waals surface area contributed by atoms with Gasteiger partial charge in [0.2, 0.25) is 11.8 Å². The van der Waals surface area contributed by atoms with Crippen molar-refractivity contribution in [3.8, 4) is 0 Å². The molecule has 0 aromatic carbocycles. The van der Waals surface area contributed by atoms with Crippen molar-refractivity contribution in [2.24, 2.45) is 11.3 Å². The lowest BCUT2D eigenvalue weighted by atomic mass is 9.87. The van der Waals surface area contributed by atoms with Crippen molar-refractivity contribution < 1.29 is 9.59 Å². The van der Waals surface area contributed by atoms with Crippen molar-refractivity contribution >= 4 is 11.8 Å². The van der Waals surface area contributed by atoms with E-state index < -0.39 is 5.41 Å². The normalized spacial score (nSPS) is 24.6.